The van der Waals surface area contributed by atoms with Crippen molar-refractivity contribution >= 4 is 5.97 Å². The Kier molecular flexibility index (Phi) is 15.2. The van der Waals surface area contributed by atoms with Gasteiger partial charge in [-0.1, -0.05) is 68.2 Å². The van der Waals surface area contributed by atoms with Gasteiger partial charge in [-0.15, -0.1) is 0 Å². The Morgan fingerprint density at radius 1 is 0.857 bits per heavy atom. The second-order valence-corrected chi connectivity index (χ2v) is 5.54. The number of unbranched alkanes of at least 4 members (excludes halogenated alkanes) is 8. The van der Waals surface area contributed by atoms with Crippen LogP contribution < -0.4 is 5.06 Å². The molecule has 0 fully saturated rings. The van der Waals surface area contributed by atoms with E-state index >= 15 is 0 Å². The van der Waals surface area contributed by atoms with E-state index in [9.17, 15) is 4.79 Å². The molecule has 0 aliphatic heterocycles. The van der Waals surface area contributed by atoms with Crippen LogP contribution in [0.2, 0.25) is 0 Å². The van der Waals surface area contributed by atoms with Crippen LogP contribution in [-0.4, -0.2) is 42.5 Å². The molecule has 5 heteroatoms. The van der Waals surface area contributed by atoms with Gasteiger partial charge in [0.05, 0.1) is 18.0 Å². The van der Waals surface area contributed by atoms with Gasteiger partial charge in [0.2, 0.25) is 0 Å². The van der Waals surface area contributed by atoms with E-state index in [4.69, 9.17) is 15.1 Å². The van der Waals surface area contributed by atoms with Gasteiger partial charge in [0, 0.05) is 0 Å². The first kappa shape index (κ1) is 20.3. The molecular weight excluding hydrogens is 270 g/mol. The van der Waals surface area contributed by atoms with Crippen molar-refractivity contribution < 1.29 is 24.9 Å². The third kappa shape index (κ3) is 14.1. The van der Waals surface area contributed by atoms with E-state index < -0.39 is 0 Å². The summed E-state index contributed by atoms with van der Waals surface area (Å²) < 4.78 is 0. The van der Waals surface area contributed by atoms with E-state index in [1.54, 1.807) is 0 Å². The normalized spacial score (nSPS) is 11.0. The van der Waals surface area contributed by atoms with E-state index in [0.29, 0.717) is 24.6 Å². The summed E-state index contributed by atoms with van der Waals surface area (Å²) in [4.78, 5) is 16.8. The zero-order valence-electron chi connectivity index (χ0n) is 13.6. The second-order valence-electron chi connectivity index (χ2n) is 5.54. The van der Waals surface area contributed by atoms with Crippen molar-refractivity contribution in [2.75, 3.05) is 26.3 Å². The molecule has 0 bridgehead atoms. The Morgan fingerprint density at radius 2 is 1.33 bits per heavy atom. The van der Waals surface area contributed by atoms with Crippen LogP contribution in [-0.2, 0) is 9.63 Å². The molecule has 0 aliphatic carbocycles. The van der Waals surface area contributed by atoms with Crippen LogP contribution in [0.15, 0.2) is 0 Å². The molecule has 0 rings (SSSR count). The van der Waals surface area contributed by atoms with Crippen molar-refractivity contribution in [3.8, 4) is 0 Å². The highest BCUT2D eigenvalue weighted by Crippen LogP contribution is 2.10. The number of quaternary nitrogens is 1. The summed E-state index contributed by atoms with van der Waals surface area (Å²) in [6.07, 6.45) is 11.4. The fourth-order valence-electron chi connectivity index (χ4n) is 2.27. The molecule has 0 saturated heterocycles. The summed E-state index contributed by atoms with van der Waals surface area (Å²) in [7, 11) is 0. The molecule has 0 amide bonds. The molecule has 0 atom stereocenters. The van der Waals surface area contributed by atoms with Gasteiger partial charge in [-0.3, -0.25) is 0 Å². The van der Waals surface area contributed by atoms with Crippen LogP contribution in [0.4, 0.5) is 0 Å². The van der Waals surface area contributed by atoms with E-state index in [0.717, 1.165) is 12.8 Å². The number of hydroxylamine groups is 2. The Morgan fingerprint density at radius 3 is 1.81 bits per heavy atom. The standard InChI is InChI=1S/C16H33NO4/c1-2-3-4-5-6-7-8-9-10-11-16(20)21-17(12-14-18)13-15-19/h18-19H,2-15H2,1H3/q+1/p+1. The lowest BCUT2D eigenvalue weighted by molar-refractivity contribution is -1.07. The number of hydrogen-bond donors (Lipinski definition) is 3. The highest BCUT2D eigenvalue weighted by Gasteiger charge is 2.26. The zero-order valence-corrected chi connectivity index (χ0v) is 13.6. The summed E-state index contributed by atoms with van der Waals surface area (Å²) >= 11 is 0. The number of rotatable bonds is 15. The summed E-state index contributed by atoms with van der Waals surface area (Å²) in [5.74, 6) is -0.241. The maximum absolute atomic E-state index is 11.6. The summed E-state index contributed by atoms with van der Waals surface area (Å²) in [5, 5.41) is 18.2. The first-order valence-electron chi connectivity index (χ1n) is 8.51. The molecule has 5 nitrogen and oxygen atoms in total. The lowest BCUT2D eigenvalue weighted by atomic mass is 10.1. The Hall–Kier alpha value is -0.650. The van der Waals surface area contributed by atoms with Crippen molar-refractivity contribution in [2.24, 2.45) is 0 Å². The molecule has 3 N–H and O–H groups in total. The number of aliphatic hydroxyl groups is 2. The minimum atomic E-state index is -0.241. The molecule has 125 valence electrons. The van der Waals surface area contributed by atoms with Gasteiger partial charge in [0.15, 0.2) is 13.1 Å². The Labute approximate surface area is 129 Å². The lowest BCUT2D eigenvalue weighted by Gasteiger charge is -2.06. The second kappa shape index (κ2) is 15.7. The van der Waals surface area contributed by atoms with E-state index in [1.165, 1.54) is 44.9 Å². The van der Waals surface area contributed by atoms with Gasteiger partial charge < -0.3 is 10.2 Å². The predicted octanol–water partition coefficient (Wildman–Crippen LogP) is 1.24. The fourth-order valence-corrected chi connectivity index (χ4v) is 2.27. The van der Waals surface area contributed by atoms with Gasteiger partial charge >= 0.3 is 5.97 Å². The lowest BCUT2D eigenvalue weighted by Crippen LogP contribution is -3.12. The highest BCUT2D eigenvalue weighted by molar-refractivity contribution is 5.68. The minimum Gasteiger partial charge on any atom is -0.390 e. The quantitative estimate of drug-likeness (QED) is 0.242. The van der Waals surface area contributed by atoms with Crippen LogP contribution in [0.1, 0.15) is 71.1 Å². The number of carbonyl (C=O) groups is 1. The Balaban J connectivity index is 3.43. The SMILES string of the molecule is CCCCCCCCCCCC(=[O+])O[NH+](CCO)CCO. The van der Waals surface area contributed by atoms with Crippen molar-refractivity contribution in [3.05, 3.63) is 0 Å². The van der Waals surface area contributed by atoms with Crippen LogP contribution in [0.3, 0.4) is 0 Å². The monoisotopic (exact) mass is 304 g/mol. The molecule has 0 saturated carbocycles. The number of nitrogens with one attached hydrogen (secondary N) is 1. The maximum atomic E-state index is 11.6. The third-order valence-corrected chi connectivity index (χ3v) is 3.52. The molecule has 0 unspecified atom stereocenters. The average molecular weight is 304 g/mol. The van der Waals surface area contributed by atoms with Gasteiger partial charge in [-0.05, 0) is 6.42 Å². The maximum Gasteiger partial charge on any atom is 0.638 e. The first-order chi connectivity index (χ1) is 10.2. The van der Waals surface area contributed by atoms with Gasteiger partial charge in [0.25, 0.3) is 0 Å². The molecule has 0 aromatic carbocycles. The van der Waals surface area contributed by atoms with Gasteiger partial charge in [0.1, 0.15) is 6.42 Å². The Bertz CT molecular complexity index is 230. The smallest absolute Gasteiger partial charge is 0.390 e. The van der Waals surface area contributed by atoms with Crippen LogP contribution in [0.5, 0.6) is 0 Å². The van der Waals surface area contributed by atoms with Crippen LogP contribution >= 0.6 is 0 Å². The summed E-state index contributed by atoms with van der Waals surface area (Å²) in [6, 6.07) is 0. The van der Waals surface area contributed by atoms with E-state index in [2.05, 4.69) is 6.92 Å². The number of aliphatic hydroxyl groups excluding tert-OH is 2. The number of carbonyl (C=O) groups excluding carboxylic acids is 1. The zero-order chi connectivity index (χ0) is 15.8. The fraction of sp³-hybridized carbons (Fsp3) is 0.938. The van der Waals surface area contributed by atoms with E-state index in [-0.39, 0.29) is 19.2 Å². The third-order valence-electron chi connectivity index (χ3n) is 3.52. The molecule has 21 heavy (non-hydrogen) atoms. The molecular formula is C16H34NO4+2. The highest BCUT2D eigenvalue weighted by atomic mass is 16.7. The molecule has 0 aliphatic rings. The topological polar surface area (TPSA) is 74.0 Å². The van der Waals surface area contributed by atoms with Gasteiger partial charge in [-0.2, -0.15) is 0 Å². The predicted molar refractivity (Wildman–Crippen MR) is 82.8 cm³/mol. The first-order valence-corrected chi connectivity index (χ1v) is 8.51. The molecule has 1 radical (unpaired) electrons. The summed E-state index contributed by atoms with van der Waals surface area (Å²) in [6.45, 7) is 2.76. The van der Waals surface area contributed by atoms with Crippen LogP contribution in [0, 0.1) is 0 Å². The average Bonchev–Trinajstić information content (AvgIpc) is 2.46. The van der Waals surface area contributed by atoms with E-state index in [1.807, 2.05) is 0 Å². The molecule has 0 aromatic heterocycles. The van der Waals surface area contributed by atoms with Crippen molar-refractivity contribution in [1.29, 1.82) is 0 Å². The van der Waals surface area contributed by atoms with Gasteiger partial charge in [-0.25, -0.2) is 0 Å². The van der Waals surface area contributed by atoms with Crippen molar-refractivity contribution in [3.63, 3.8) is 0 Å². The van der Waals surface area contributed by atoms with Crippen molar-refractivity contribution in [2.45, 2.75) is 71.1 Å². The molecule has 0 heterocycles. The molecule has 0 spiro atoms. The number of hydrogen-bond acceptors (Lipinski definition) is 4. The largest absolute Gasteiger partial charge is 0.638 e. The minimum absolute atomic E-state index is 0.0549. The molecule has 0 aromatic rings. The van der Waals surface area contributed by atoms with Crippen LogP contribution in [0.25, 0.3) is 0 Å². The van der Waals surface area contributed by atoms with Crippen molar-refractivity contribution in [1.82, 2.24) is 0 Å². The summed E-state index contributed by atoms with van der Waals surface area (Å²) in [5.41, 5.74) is 0.